The molecule has 9 saturated heterocycles. The van der Waals surface area contributed by atoms with Crippen molar-refractivity contribution in [2.75, 3.05) is 215 Å². The van der Waals surface area contributed by atoms with Gasteiger partial charge < -0.3 is 15.3 Å². The zero-order valence-electron chi connectivity index (χ0n) is 47.2. The predicted molar refractivity (Wildman–Crippen MR) is 280 cm³/mol. The molecule has 0 aromatic rings. The largest absolute Gasteiger partial charge is 0.381 e. The highest BCUT2D eigenvalue weighted by molar-refractivity contribution is 4.80. The van der Waals surface area contributed by atoms with Crippen molar-refractivity contribution < 1.29 is 15.3 Å². The molecule has 0 aromatic heterocycles. The minimum Gasteiger partial charge on any atom is -0.381 e. The van der Waals surface area contributed by atoms with Crippen molar-refractivity contribution in [2.24, 2.45) is 0 Å². The van der Waals surface area contributed by atoms with Crippen molar-refractivity contribution >= 4 is 0 Å². The van der Waals surface area contributed by atoms with Gasteiger partial charge in [0.25, 0.3) is 0 Å². The van der Waals surface area contributed by atoms with Gasteiger partial charge in [-0.25, -0.2) is 0 Å². The third kappa shape index (κ3) is 23.1. The maximum Gasteiger partial charge on any atom is 0.0976 e. The van der Waals surface area contributed by atoms with Crippen LogP contribution in [-0.4, -0.2) is 348 Å². The number of aliphatic hydroxyl groups is 3. The summed E-state index contributed by atoms with van der Waals surface area (Å²) in [6.45, 7) is 50.2. The minimum absolute atomic E-state index is 0.0625. The number of nitrogens with zero attached hydrogens (tertiary/aromatic N) is 19. The Morgan fingerprint density at radius 1 is 0.261 bits per heavy atom. The Balaban J connectivity index is 0.000000220. The summed E-state index contributed by atoms with van der Waals surface area (Å²) in [5.74, 6) is 0. The molecule has 0 radical (unpaired) electrons. The van der Waals surface area contributed by atoms with Gasteiger partial charge in [0.05, 0.1) is 160 Å². The van der Waals surface area contributed by atoms with Gasteiger partial charge in [-0.05, 0) is 110 Å². The van der Waals surface area contributed by atoms with Crippen LogP contribution in [0.5, 0.6) is 0 Å². The van der Waals surface area contributed by atoms with Crippen LogP contribution in [0.2, 0.25) is 0 Å². The number of rotatable bonds is 10. The minimum atomic E-state index is -0.0625. The van der Waals surface area contributed by atoms with E-state index in [2.05, 4.69) is 190 Å². The van der Waals surface area contributed by atoms with E-state index < -0.39 is 0 Å². The second kappa shape index (κ2) is 32.4. The Labute approximate surface area is 422 Å². The molecule has 9 aliphatic heterocycles. The fourth-order valence-corrected chi connectivity index (χ4v) is 9.74. The van der Waals surface area contributed by atoms with Crippen LogP contribution in [0.15, 0.2) is 0 Å². The molecule has 0 aliphatic carbocycles. The van der Waals surface area contributed by atoms with Crippen LogP contribution in [0.4, 0.5) is 0 Å². The highest BCUT2D eigenvalue weighted by Crippen LogP contribution is 2.20. The Kier molecular flexibility index (Phi) is 29.3. The van der Waals surface area contributed by atoms with Gasteiger partial charge >= 0.3 is 0 Å². The third-order valence-corrected chi connectivity index (χ3v) is 13.5. The van der Waals surface area contributed by atoms with Crippen LogP contribution >= 0.6 is 0 Å². The molecule has 0 atom stereocenters. The molecule has 0 spiro atoms. The highest BCUT2D eigenvalue weighted by Gasteiger charge is 2.36. The van der Waals surface area contributed by atoms with Gasteiger partial charge in [-0.2, -0.15) is 0 Å². The normalized spacial score (nSPS) is 28.7. The summed E-state index contributed by atoms with van der Waals surface area (Å²) in [4.78, 5) is 43.9. The maximum atomic E-state index is 8.83. The van der Waals surface area contributed by atoms with Crippen molar-refractivity contribution in [3.8, 4) is 0 Å². The standard InChI is InChI=1S/C12H27N3.C9H21N3.C8H19N3.C6H12N4.C6H15N3O3.C6H15N3/c1-10(2)13-7-14(11(3)4)9-15(8-13)12(5)6;1-4-10-7-11(5-2)9-12(6-3)8-10;1-8(2)11-6-9(3)5-10(4)7-11;1-7-2-9-4-8(1)5-10(3-7)6-9;10-4-7-1-8(5-11)3-9(2-7)6-12;1-7-4-8(2)6-9(3)5-7/h10-12H,7-9H2,1-6H3;4-9H2,1-3H3;8H,5-7H2,1-4H3;1-6H2;10-12H,1-6H2;4-6H2,1-3H3. The lowest BCUT2D eigenvalue weighted by molar-refractivity contribution is -0.194. The summed E-state index contributed by atoms with van der Waals surface area (Å²) in [5.41, 5.74) is 0. The van der Waals surface area contributed by atoms with E-state index in [1.165, 1.54) is 40.0 Å². The molecular weight excluding hydrogens is 879 g/mol. The molecule has 410 valence electrons. The summed E-state index contributed by atoms with van der Waals surface area (Å²) in [6.07, 6.45) is 0. The van der Waals surface area contributed by atoms with Crippen LogP contribution in [-0.2, 0) is 0 Å². The van der Waals surface area contributed by atoms with Gasteiger partial charge in [0.1, 0.15) is 0 Å². The molecule has 0 unspecified atom stereocenters. The average molecular weight is 989 g/mol. The van der Waals surface area contributed by atoms with Crippen molar-refractivity contribution in [1.29, 1.82) is 0 Å². The van der Waals surface area contributed by atoms with E-state index in [9.17, 15) is 0 Å². The Hall–Kier alpha value is -0.880. The van der Waals surface area contributed by atoms with Gasteiger partial charge in [-0.15, -0.1) is 0 Å². The topological polar surface area (TPSA) is 122 Å². The molecule has 9 aliphatic rings. The van der Waals surface area contributed by atoms with Crippen LogP contribution in [0, 0.1) is 0 Å². The van der Waals surface area contributed by atoms with Crippen molar-refractivity contribution in [3.63, 3.8) is 0 Å². The van der Waals surface area contributed by atoms with Crippen LogP contribution < -0.4 is 0 Å². The summed E-state index contributed by atoms with van der Waals surface area (Å²) >= 11 is 0. The summed E-state index contributed by atoms with van der Waals surface area (Å²) in [7, 11) is 10.7. The van der Waals surface area contributed by atoms with Gasteiger partial charge in [0.15, 0.2) is 0 Å². The molecule has 9 heterocycles. The first-order chi connectivity index (χ1) is 32.7. The van der Waals surface area contributed by atoms with Crippen LogP contribution in [0.25, 0.3) is 0 Å². The molecule has 9 rings (SSSR count). The molecule has 4 bridgehead atoms. The predicted octanol–water partition coefficient (Wildman–Crippen LogP) is -0.436. The average Bonchev–Trinajstić information content (AvgIpc) is 3.30. The SMILES string of the molecule is C1N2CN3CN1CN(C2)C3.CC(C)N1CN(C(C)C)CN(C(C)C)C1.CC(C)N1CN(C)CN(C)C1.CCN1CN(CC)CN(CC)C1.CN1CN(C)CN(C)C1.OCN1CN(CO)CN(CO)C1. The molecule has 69 heavy (non-hydrogen) atoms. The van der Waals surface area contributed by atoms with E-state index in [-0.39, 0.29) is 20.2 Å². The molecule has 9 fully saturated rings. The van der Waals surface area contributed by atoms with Gasteiger partial charge in [0, 0.05) is 24.2 Å². The molecule has 0 aromatic carbocycles. The summed E-state index contributed by atoms with van der Waals surface area (Å²) in [6, 6.07) is 2.55. The van der Waals surface area contributed by atoms with E-state index >= 15 is 0 Å². The van der Waals surface area contributed by atoms with Crippen LogP contribution in [0.3, 0.4) is 0 Å². The van der Waals surface area contributed by atoms with Gasteiger partial charge in [-0.3, -0.25) is 93.1 Å². The first kappa shape index (κ1) is 62.4. The lowest BCUT2D eigenvalue weighted by Gasteiger charge is -2.56. The van der Waals surface area contributed by atoms with E-state index in [1.54, 1.807) is 14.7 Å². The number of hydrogen-bond acceptors (Lipinski definition) is 22. The van der Waals surface area contributed by atoms with Gasteiger partial charge in [-0.1, -0.05) is 20.8 Å². The fourth-order valence-electron chi connectivity index (χ4n) is 9.74. The molecule has 3 N–H and O–H groups in total. The second-order valence-electron chi connectivity index (χ2n) is 22.1. The fraction of sp³-hybridized carbons (Fsp3) is 1.00. The summed E-state index contributed by atoms with van der Waals surface area (Å²) in [5, 5.41) is 26.5. The smallest absolute Gasteiger partial charge is 0.0976 e. The number of aliphatic hydroxyl groups excluding tert-OH is 3. The molecule has 22 nitrogen and oxygen atoms in total. The van der Waals surface area contributed by atoms with E-state index in [1.807, 2.05) is 0 Å². The first-order valence-corrected chi connectivity index (χ1v) is 26.1. The van der Waals surface area contributed by atoms with E-state index in [0.29, 0.717) is 44.2 Å². The molecule has 0 amide bonds. The van der Waals surface area contributed by atoms with E-state index in [4.69, 9.17) is 15.3 Å². The van der Waals surface area contributed by atoms with Crippen LogP contribution in [0.1, 0.15) is 76.2 Å². The zero-order valence-corrected chi connectivity index (χ0v) is 47.2. The quantitative estimate of drug-likeness (QED) is 0.262. The third-order valence-electron chi connectivity index (χ3n) is 13.5. The lowest BCUT2D eigenvalue weighted by atomic mass is 10.2. The van der Waals surface area contributed by atoms with Gasteiger partial charge in [0.2, 0.25) is 0 Å². The number of hydrogen-bond donors (Lipinski definition) is 3. The molecule has 0 saturated carbocycles. The zero-order chi connectivity index (χ0) is 51.4. The van der Waals surface area contributed by atoms with E-state index in [0.717, 1.165) is 99.7 Å². The molecule has 22 heteroatoms. The van der Waals surface area contributed by atoms with Crippen molar-refractivity contribution in [1.82, 2.24) is 93.1 Å². The Bertz CT molecular complexity index is 1110. The van der Waals surface area contributed by atoms with Crippen molar-refractivity contribution in [2.45, 2.75) is 100 Å². The molecular formula is C47H109N19O3. The monoisotopic (exact) mass is 988 g/mol. The Morgan fingerprint density at radius 2 is 0.449 bits per heavy atom. The Morgan fingerprint density at radius 3 is 0.638 bits per heavy atom. The highest BCUT2D eigenvalue weighted by atomic mass is 16.3. The summed E-state index contributed by atoms with van der Waals surface area (Å²) < 4.78 is 0. The van der Waals surface area contributed by atoms with Crippen molar-refractivity contribution in [3.05, 3.63) is 0 Å². The maximum absolute atomic E-state index is 8.83. The lowest BCUT2D eigenvalue weighted by Crippen LogP contribution is -2.71. The first-order valence-electron chi connectivity index (χ1n) is 26.1. The second-order valence-corrected chi connectivity index (χ2v) is 22.1.